The second-order valence-electron chi connectivity index (χ2n) is 6.97. The Hall–Kier alpha value is -2.93. The highest BCUT2D eigenvalue weighted by Crippen LogP contribution is 2.34. The van der Waals surface area contributed by atoms with Crippen LogP contribution in [0.5, 0.6) is 11.5 Å². The summed E-state index contributed by atoms with van der Waals surface area (Å²) in [5.41, 5.74) is 2.14. The molecule has 3 aromatic rings. The normalized spacial score (nSPS) is 13.2. The molecule has 0 radical (unpaired) electrons. The van der Waals surface area contributed by atoms with Crippen molar-refractivity contribution >= 4 is 17.2 Å². The zero-order chi connectivity index (χ0) is 20.2. The second-order valence-corrected chi connectivity index (χ2v) is 7.83. The molecule has 0 spiro atoms. The van der Waals surface area contributed by atoms with Gasteiger partial charge in [0.2, 0.25) is 0 Å². The molecule has 1 fully saturated rings. The number of halogens is 1. The molecule has 1 aromatic heterocycles. The fraction of sp³-hybridized carbons (Fsp3) is 0.273. The van der Waals surface area contributed by atoms with Crippen LogP contribution in [0.4, 0.5) is 4.39 Å². The van der Waals surface area contributed by atoms with Gasteiger partial charge in [0.25, 0.3) is 5.91 Å². The lowest BCUT2D eigenvalue weighted by Gasteiger charge is -2.12. The van der Waals surface area contributed by atoms with Crippen molar-refractivity contribution in [2.24, 2.45) is 5.92 Å². The SMILES string of the molecule is COc1cc(-c2nc(C(=O)NCC3CC3)cs2)ccc1OCc1ccc(F)cc1. The minimum atomic E-state index is -0.278. The maximum absolute atomic E-state index is 13.0. The first-order valence-corrected chi connectivity index (χ1v) is 10.3. The monoisotopic (exact) mass is 412 g/mol. The van der Waals surface area contributed by atoms with Crippen LogP contribution in [0.2, 0.25) is 0 Å². The van der Waals surface area contributed by atoms with Crippen LogP contribution in [0.1, 0.15) is 28.9 Å². The van der Waals surface area contributed by atoms with E-state index in [0.29, 0.717) is 29.7 Å². The smallest absolute Gasteiger partial charge is 0.270 e. The molecule has 29 heavy (non-hydrogen) atoms. The summed E-state index contributed by atoms with van der Waals surface area (Å²) in [4.78, 5) is 16.7. The van der Waals surface area contributed by atoms with E-state index in [1.54, 1.807) is 24.6 Å². The first-order valence-electron chi connectivity index (χ1n) is 9.42. The van der Waals surface area contributed by atoms with Crippen LogP contribution in [0.15, 0.2) is 47.8 Å². The highest BCUT2D eigenvalue weighted by Gasteiger charge is 2.22. The van der Waals surface area contributed by atoms with E-state index in [2.05, 4.69) is 10.3 Å². The number of amides is 1. The standard InChI is InChI=1S/C22H21FN2O3S/c1-27-20-10-16(6-9-19(20)28-12-15-4-7-17(23)8-5-15)22-25-18(13-29-22)21(26)24-11-14-2-3-14/h4-10,13-14H,2-3,11-12H2,1H3,(H,24,26). The van der Waals surface area contributed by atoms with Gasteiger partial charge in [0.05, 0.1) is 7.11 Å². The number of nitrogens with zero attached hydrogens (tertiary/aromatic N) is 1. The predicted molar refractivity (Wildman–Crippen MR) is 110 cm³/mol. The van der Waals surface area contributed by atoms with Crippen molar-refractivity contribution in [2.45, 2.75) is 19.4 Å². The molecule has 7 heteroatoms. The molecule has 0 unspecified atom stereocenters. The molecule has 2 aromatic carbocycles. The Morgan fingerprint density at radius 3 is 2.72 bits per heavy atom. The summed E-state index contributed by atoms with van der Waals surface area (Å²) >= 11 is 1.41. The third-order valence-electron chi connectivity index (χ3n) is 4.70. The lowest BCUT2D eigenvalue weighted by Crippen LogP contribution is -2.25. The molecule has 1 amide bonds. The number of ether oxygens (including phenoxy) is 2. The minimum absolute atomic E-state index is 0.134. The Bertz CT molecular complexity index is 1000. The molecule has 1 aliphatic carbocycles. The number of nitrogens with one attached hydrogen (secondary N) is 1. The number of hydrogen-bond donors (Lipinski definition) is 1. The molecule has 1 N–H and O–H groups in total. The fourth-order valence-electron chi connectivity index (χ4n) is 2.82. The van der Waals surface area contributed by atoms with Gasteiger partial charge in [0, 0.05) is 17.5 Å². The second kappa shape index (κ2) is 8.61. The Balaban J connectivity index is 1.44. The van der Waals surface area contributed by atoms with Crippen LogP contribution in [0.3, 0.4) is 0 Å². The van der Waals surface area contributed by atoms with E-state index in [1.165, 1.54) is 36.3 Å². The van der Waals surface area contributed by atoms with Crippen molar-refractivity contribution in [3.05, 3.63) is 64.9 Å². The van der Waals surface area contributed by atoms with Gasteiger partial charge in [-0.25, -0.2) is 9.37 Å². The van der Waals surface area contributed by atoms with Gasteiger partial charge in [-0.1, -0.05) is 12.1 Å². The van der Waals surface area contributed by atoms with Crippen LogP contribution in [-0.4, -0.2) is 24.5 Å². The topological polar surface area (TPSA) is 60.5 Å². The van der Waals surface area contributed by atoms with E-state index in [-0.39, 0.29) is 11.7 Å². The number of rotatable bonds is 8. The summed E-state index contributed by atoms with van der Waals surface area (Å²) in [7, 11) is 1.57. The Morgan fingerprint density at radius 1 is 1.21 bits per heavy atom. The van der Waals surface area contributed by atoms with Crippen LogP contribution >= 0.6 is 11.3 Å². The van der Waals surface area contributed by atoms with Crippen molar-refractivity contribution < 1.29 is 18.7 Å². The third-order valence-corrected chi connectivity index (χ3v) is 5.59. The molecule has 0 atom stereocenters. The number of thiazole rings is 1. The lowest BCUT2D eigenvalue weighted by atomic mass is 10.2. The van der Waals surface area contributed by atoms with Crippen molar-refractivity contribution in [1.82, 2.24) is 10.3 Å². The number of carbonyl (C=O) groups excluding carboxylic acids is 1. The molecule has 1 aliphatic rings. The predicted octanol–water partition coefficient (Wildman–Crippen LogP) is 4.68. The molecule has 0 aliphatic heterocycles. The lowest BCUT2D eigenvalue weighted by molar-refractivity contribution is 0.0947. The molecule has 0 saturated heterocycles. The molecule has 0 bridgehead atoms. The Kier molecular flexibility index (Phi) is 5.76. The Morgan fingerprint density at radius 2 is 2.00 bits per heavy atom. The first-order chi connectivity index (χ1) is 14.1. The molecule has 4 rings (SSSR count). The maximum atomic E-state index is 13.0. The summed E-state index contributed by atoms with van der Waals surface area (Å²) in [6, 6.07) is 11.7. The van der Waals surface area contributed by atoms with Crippen LogP contribution < -0.4 is 14.8 Å². The number of aromatic nitrogens is 1. The van der Waals surface area contributed by atoms with E-state index < -0.39 is 0 Å². The molecule has 5 nitrogen and oxygen atoms in total. The summed E-state index contributed by atoms with van der Waals surface area (Å²) in [5.74, 6) is 1.37. The van der Waals surface area contributed by atoms with Crippen LogP contribution in [-0.2, 0) is 6.61 Å². The van der Waals surface area contributed by atoms with Gasteiger partial charge in [-0.2, -0.15) is 0 Å². The van der Waals surface area contributed by atoms with Gasteiger partial charge in [-0.3, -0.25) is 4.79 Å². The van der Waals surface area contributed by atoms with Gasteiger partial charge < -0.3 is 14.8 Å². The van der Waals surface area contributed by atoms with E-state index >= 15 is 0 Å². The van der Waals surface area contributed by atoms with E-state index in [0.717, 1.165) is 22.7 Å². The van der Waals surface area contributed by atoms with Crippen molar-refractivity contribution in [2.75, 3.05) is 13.7 Å². The zero-order valence-corrected chi connectivity index (χ0v) is 16.8. The molecule has 1 heterocycles. The molecule has 1 saturated carbocycles. The van der Waals surface area contributed by atoms with E-state index in [4.69, 9.17) is 9.47 Å². The summed E-state index contributed by atoms with van der Waals surface area (Å²) < 4.78 is 24.3. The van der Waals surface area contributed by atoms with Crippen molar-refractivity contribution in [3.8, 4) is 22.1 Å². The average Bonchev–Trinajstić information content (AvgIpc) is 3.45. The maximum Gasteiger partial charge on any atom is 0.270 e. The number of carbonyl (C=O) groups is 1. The molecule has 150 valence electrons. The minimum Gasteiger partial charge on any atom is -0.493 e. The van der Waals surface area contributed by atoms with Gasteiger partial charge in [0.15, 0.2) is 11.5 Å². The van der Waals surface area contributed by atoms with Gasteiger partial charge in [0.1, 0.15) is 23.1 Å². The molecular formula is C22H21FN2O3S. The van der Waals surface area contributed by atoms with E-state index in [9.17, 15) is 9.18 Å². The third kappa shape index (κ3) is 4.92. The van der Waals surface area contributed by atoms with Crippen LogP contribution in [0.25, 0.3) is 10.6 Å². The number of hydrogen-bond acceptors (Lipinski definition) is 5. The van der Waals surface area contributed by atoms with Crippen LogP contribution in [0, 0.1) is 11.7 Å². The summed E-state index contributed by atoms with van der Waals surface area (Å²) in [6.07, 6.45) is 2.38. The number of methoxy groups -OCH3 is 1. The largest absolute Gasteiger partial charge is 0.493 e. The van der Waals surface area contributed by atoms with Crippen molar-refractivity contribution in [3.63, 3.8) is 0 Å². The van der Waals surface area contributed by atoms with Gasteiger partial charge in [-0.05, 0) is 54.7 Å². The quantitative estimate of drug-likeness (QED) is 0.584. The van der Waals surface area contributed by atoms with E-state index in [1.807, 2.05) is 18.2 Å². The van der Waals surface area contributed by atoms with Gasteiger partial charge >= 0.3 is 0 Å². The average molecular weight is 412 g/mol. The van der Waals surface area contributed by atoms with Gasteiger partial charge in [-0.15, -0.1) is 11.3 Å². The molecular weight excluding hydrogens is 391 g/mol. The van der Waals surface area contributed by atoms with Crippen molar-refractivity contribution in [1.29, 1.82) is 0 Å². The highest BCUT2D eigenvalue weighted by molar-refractivity contribution is 7.13. The number of benzene rings is 2. The Labute approximate surface area is 172 Å². The summed E-state index contributed by atoms with van der Waals surface area (Å²) in [6.45, 7) is 1.03. The summed E-state index contributed by atoms with van der Waals surface area (Å²) in [5, 5.41) is 5.44. The fourth-order valence-corrected chi connectivity index (χ4v) is 3.62. The first kappa shape index (κ1) is 19.4. The zero-order valence-electron chi connectivity index (χ0n) is 16.0. The highest BCUT2D eigenvalue weighted by atomic mass is 32.1.